The molecule has 0 radical (unpaired) electrons. The van der Waals surface area contributed by atoms with Gasteiger partial charge in [-0.2, -0.15) is 0 Å². The van der Waals surface area contributed by atoms with E-state index in [9.17, 15) is 4.79 Å². The van der Waals surface area contributed by atoms with E-state index in [2.05, 4.69) is 23.3 Å². The predicted molar refractivity (Wildman–Crippen MR) is 65.3 cm³/mol. The second kappa shape index (κ2) is 4.84. The first-order chi connectivity index (χ1) is 7.81. The van der Waals surface area contributed by atoms with Gasteiger partial charge in [-0.3, -0.25) is 4.79 Å². The average Bonchev–Trinajstić information content (AvgIpc) is 2.35. The van der Waals surface area contributed by atoms with E-state index < -0.39 is 0 Å². The van der Waals surface area contributed by atoms with E-state index in [1.807, 2.05) is 18.2 Å². The van der Waals surface area contributed by atoms with Gasteiger partial charge in [0.15, 0.2) is 0 Å². The summed E-state index contributed by atoms with van der Waals surface area (Å²) in [5.41, 5.74) is 2.36. The number of anilines is 1. The average molecular weight is 216 g/mol. The van der Waals surface area contributed by atoms with Crippen LogP contribution in [-0.2, 0) is 11.2 Å². The van der Waals surface area contributed by atoms with E-state index in [0.717, 1.165) is 12.1 Å². The summed E-state index contributed by atoms with van der Waals surface area (Å²) in [7, 11) is 0. The number of para-hydroxylation sites is 1. The van der Waals surface area contributed by atoms with E-state index in [4.69, 9.17) is 0 Å². The molecule has 0 aliphatic carbocycles. The van der Waals surface area contributed by atoms with E-state index in [1.165, 1.54) is 5.56 Å². The fourth-order valence-electron chi connectivity index (χ4n) is 1.94. The van der Waals surface area contributed by atoms with Gasteiger partial charge in [0.2, 0.25) is 5.91 Å². The molecule has 1 atom stereocenters. The molecule has 0 bridgehead atoms. The minimum absolute atomic E-state index is 0.0230. The Morgan fingerprint density at radius 2 is 2.38 bits per heavy atom. The quantitative estimate of drug-likeness (QED) is 0.753. The van der Waals surface area contributed by atoms with Crippen LogP contribution in [0.2, 0.25) is 0 Å². The normalized spacial score (nSPS) is 18.1. The molecule has 0 spiro atoms. The lowest BCUT2D eigenvalue weighted by molar-refractivity contribution is -0.124. The van der Waals surface area contributed by atoms with Crippen molar-refractivity contribution >= 4 is 11.6 Å². The summed E-state index contributed by atoms with van der Waals surface area (Å²) in [6.45, 7) is 4.83. The van der Waals surface area contributed by atoms with Crippen LogP contribution in [0.15, 0.2) is 36.9 Å². The Labute approximate surface area is 95.6 Å². The lowest BCUT2D eigenvalue weighted by Crippen LogP contribution is -2.38. The zero-order valence-electron chi connectivity index (χ0n) is 9.20. The molecular weight excluding hydrogens is 200 g/mol. The fourth-order valence-corrected chi connectivity index (χ4v) is 1.94. The zero-order valence-corrected chi connectivity index (χ0v) is 9.20. The number of rotatable bonds is 3. The van der Waals surface area contributed by atoms with Crippen molar-refractivity contribution in [1.82, 2.24) is 5.32 Å². The Bertz CT molecular complexity index is 401. The number of amides is 1. The Balaban J connectivity index is 2.02. The van der Waals surface area contributed by atoms with Crippen molar-refractivity contribution in [2.24, 2.45) is 5.92 Å². The van der Waals surface area contributed by atoms with Crippen LogP contribution in [0.3, 0.4) is 0 Å². The Hall–Kier alpha value is -1.77. The highest BCUT2D eigenvalue weighted by atomic mass is 16.1. The summed E-state index contributed by atoms with van der Waals surface area (Å²) < 4.78 is 0. The monoisotopic (exact) mass is 216 g/mol. The maximum atomic E-state index is 11.8. The first-order valence-electron chi connectivity index (χ1n) is 5.51. The molecule has 1 aromatic rings. The summed E-state index contributed by atoms with van der Waals surface area (Å²) >= 11 is 0. The molecule has 3 nitrogen and oxygen atoms in total. The third-order valence-corrected chi connectivity index (χ3v) is 2.81. The molecule has 1 aliphatic rings. The van der Waals surface area contributed by atoms with Gasteiger partial charge in [-0.05, 0) is 18.1 Å². The predicted octanol–water partition coefficient (Wildman–Crippen LogP) is 1.57. The van der Waals surface area contributed by atoms with E-state index in [-0.39, 0.29) is 11.8 Å². The second-order valence-corrected chi connectivity index (χ2v) is 3.97. The van der Waals surface area contributed by atoms with E-state index in [1.54, 1.807) is 6.08 Å². The summed E-state index contributed by atoms with van der Waals surface area (Å²) in [6.07, 6.45) is 2.51. The highest BCUT2D eigenvalue weighted by Gasteiger charge is 2.23. The van der Waals surface area contributed by atoms with Crippen LogP contribution in [0.5, 0.6) is 0 Å². The zero-order chi connectivity index (χ0) is 11.4. The lowest BCUT2D eigenvalue weighted by atomic mass is 9.93. The van der Waals surface area contributed by atoms with Crippen molar-refractivity contribution in [3.05, 3.63) is 42.5 Å². The number of benzene rings is 1. The number of carbonyl (C=O) groups is 1. The Morgan fingerprint density at radius 3 is 3.19 bits per heavy atom. The molecule has 0 saturated carbocycles. The van der Waals surface area contributed by atoms with Gasteiger partial charge >= 0.3 is 0 Å². The molecule has 3 heteroatoms. The molecule has 0 fully saturated rings. The number of fused-ring (bicyclic) bond motifs is 1. The molecule has 84 valence electrons. The van der Waals surface area contributed by atoms with Crippen molar-refractivity contribution in [2.45, 2.75) is 6.42 Å². The third-order valence-electron chi connectivity index (χ3n) is 2.81. The highest BCUT2D eigenvalue weighted by molar-refractivity contribution is 5.80. The van der Waals surface area contributed by atoms with Crippen molar-refractivity contribution < 1.29 is 4.79 Å². The molecule has 2 N–H and O–H groups in total. The minimum atomic E-state index is 0.0230. The lowest BCUT2D eigenvalue weighted by Gasteiger charge is -2.25. The highest BCUT2D eigenvalue weighted by Crippen LogP contribution is 2.24. The van der Waals surface area contributed by atoms with Crippen molar-refractivity contribution in [3.63, 3.8) is 0 Å². The third kappa shape index (κ3) is 2.24. The van der Waals surface area contributed by atoms with Gasteiger partial charge in [0.1, 0.15) is 0 Å². The van der Waals surface area contributed by atoms with Gasteiger partial charge in [-0.1, -0.05) is 24.3 Å². The molecule has 16 heavy (non-hydrogen) atoms. The Kier molecular flexibility index (Phi) is 3.25. The maximum absolute atomic E-state index is 11.8. The molecule has 1 aliphatic heterocycles. The van der Waals surface area contributed by atoms with Gasteiger partial charge in [-0.25, -0.2) is 0 Å². The molecule has 1 amide bonds. The summed E-state index contributed by atoms with van der Waals surface area (Å²) in [6, 6.07) is 8.12. The first-order valence-corrected chi connectivity index (χ1v) is 5.51. The fraction of sp³-hybridized carbons (Fsp3) is 0.308. The van der Waals surface area contributed by atoms with Gasteiger partial charge < -0.3 is 10.6 Å². The molecular formula is C13H16N2O. The van der Waals surface area contributed by atoms with Crippen LogP contribution in [-0.4, -0.2) is 19.0 Å². The van der Waals surface area contributed by atoms with Crippen LogP contribution in [0.4, 0.5) is 5.69 Å². The number of hydrogen-bond donors (Lipinski definition) is 2. The summed E-state index contributed by atoms with van der Waals surface area (Å²) in [4.78, 5) is 11.8. The Morgan fingerprint density at radius 1 is 1.56 bits per heavy atom. The molecule has 1 aromatic carbocycles. The van der Waals surface area contributed by atoms with E-state index >= 15 is 0 Å². The standard InChI is InChI=1S/C13H16N2O/c1-2-7-14-13(16)11-8-10-5-3-4-6-12(10)15-9-11/h2-6,11,15H,1,7-9H2,(H,14,16)/t11-/m1/s1. The smallest absolute Gasteiger partial charge is 0.225 e. The molecule has 0 saturated heterocycles. The van der Waals surface area contributed by atoms with Crippen LogP contribution in [0.1, 0.15) is 5.56 Å². The SMILES string of the molecule is C=CCNC(=O)[C@H]1CNc2ccccc2C1. The molecule has 2 rings (SSSR count). The topological polar surface area (TPSA) is 41.1 Å². The van der Waals surface area contributed by atoms with Crippen LogP contribution >= 0.6 is 0 Å². The number of carbonyl (C=O) groups excluding carboxylic acids is 1. The van der Waals surface area contributed by atoms with Crippen LogP contribution < -0.4 is 10.6 Å². The maximum Gasteiger partial charge on any atom is 0.225 e. The first kappa shape index (κ1) is 10.7. The molecule has 1 heterocycles. The van der Waals surface area contributed by atoms with Crippen molar-refractivity contribution in [3.8, 4) is 0 Å². The minimum Gasteiger partial charge on any atom is -0.384 e. The van der Waals surface area contributed by atoms with Crippen molar-refractivity contribution in [1.29, 1.82) is 0 Å². The summed E-state index contributed by atoms with van der Waals surface area (Å²) in [5.74, 6) is 0.122. The van der Waals surface area contributed by atoms with E-state index in [0.29, 0.717) is 13.1 Å². The van der Waals surface area contributed by atoms with Gasteiger partial charge in [0.05, 0.1) is 5.92 Å². The van der Waals surface area contributed by atoms with Crippen molar-refractivity contribution in [2.75, 3.05) is 18.4 Å². The number of nitrogens with one attached hydrogen (secondary N) is 2. The molecule has 0 aromatic heterocycles. The number of hydrogen-bond acceptors (Lipinski definition) is 2. The van der Waals surface area contributed by atoms with Crippen LogP contribution in [0.25, 0.3) is 0 Å². The largest absolute Gasteiger partial charge is 0.384 e. The molecule has 0 unspecified atom stereocenters. The summed E-state index contributed by atoms with van der Waals surface area (Å²) in [5, 5.41) is 6.12. The van der Waals surface area contributed by atoms with Gasteiger partial charge in [-0.15, -0.1) is 6.58 Å². The van der Waals surface area contributed by atoms with Crippen LogP contribution in [0, 0.1) is 5.92 Å². The van der Waals surface area contributed by atoms with Gasteiger partial charge in [0.25, 0.3) is 0 Å². The second-order valence-electron chi connectivity index (χ2n) is 3.97. The van der Waals surface area contributed by atoms with Gasteiger partial charge in [0, 0.05) is 18.8 Å².